The lowest BCUT2D eigenvalue weighted by molar-refractivity contribution is 0.0497. The van der Waals surface area contributed by atoms with Crippen molar-refractivity contribution in [1.29, 1.82) is 0 Å². The molecule has 0 heterocycles. The van der Waals surface area contributed by atoms with Gasteiger partial charge >= 0.3 is 5.97 Å². The lowest BCUT2D eigenvalue weighted by atomic mass is 10.1. The summed E-state index contributed by atoms with van der Waals surface area (Å²) >= 11 is 0. The topological polar surface area (TPSA) is 52.6 Å². The summed E-state index contributed by atoms with van der Waals surface area (Å²) in [5.41, 5.74) is 1.62. The van der Waals surface area contributed by atoms with Gasteiger partial charge < -0.3 is 9.26 Å². The first-order chi connectivity index (χ1) is 11.2. The maximum Gasteiger partial charge on any atom is 0.338 e. The Morgan fingerprint density at radius 2 is 1.70 bits per heavy atom. The fourth-order valence-corrected chi connectivity index (χ4v) is 2.98. The van der Waals surface area contributed by atoms with Crippen molar-refractivity contribution in [2.75, 3.05) is 19.9 Å². The number of ether oxygens (including phenoxy) is 1. The van der Waals surface area contributed by atoms with Gasteiger partial charge in [-0.05, 0) is 30.5 Å². The van der Waals surface area contributed by atoms with Crippen molar-refractivity contribution in [3.63, 3.8) is 0 Å². The molecule has 0 saturated heterocycles. The molecule has 0 N–H and O–H groups in total. The first kappa shape index (κ1) is 19.9. The Labute approximate surface area is 140 Å². The van der Waals surface area contributed by atoms with Gasteiger partial charge in [-0.2, -0.15) is 0 Å². The smallest absolute Gasteiger partial charge is 0.338 e. The quantitative estimate of drug-likeness (QED) is 0.309. The molecule has 0 fully saturated rings. The molecule has 0 spiro atoms. The highest BCUT2D eigenvalue weighted by molar-refractivity contribution is 7.39. The van der Waals surface area contributed by atoms with Crippen LogP contribution in [0.2, 0.25) is 0 Å². The molecule has 0 aliphatic carbocycles. The van der Waals surface area contributed by atoms with Gasteiger partial charge in [0, 0.05) is 13.3 Å². The second kappa shape index (κ2) is 12.3. The van der Waals surface area contributed by atoms with E-state index in [1.165, 1.54) is 32.8 Å². The largest absolute Gasteiger partial charge is 0.462 e. The van der Waals surface area contributed by atoms with E-state index in [4.69, 9.17) is 9.26 Å². The van der Waals surface area contributed by atoms with Crippen LogP contribution < -0.4 is 0 Å². The zero-order valence-electron chi connectivity index (χ0n) is 14.3. The van der Waals surface area contributed by atoms with E-state index in [1.807, 2.05) is 12.1 Å². The molecule has 5 heteroatoms. The molecule has 1 aromatic rings. The van der Waals surface area contributed by atoms with Gasteiger partial charge in [0.1, 0.15) is 0 Å². The molecule has 1 rings (SSSR count). The average molecular weight is 340 g/mol. The number of rotatable bonds is 12. The molecular formula is C18H29O4P. The molecule has 0 amide bonds. The zero-order chi connectivity index (χ0) is 16.9. The molecule has 1 aromatic carbocycles. The molecule has 0 aromatic heterocycles. The van der Waals surface area contributed by atoms with E-state index in [1.54, 1.807) is 12.1 Å². The Morgan fingerprint density at radius 1 is 1.04 bits per heavy atom. The Bertz CT molecular complexity index is 470. The fraction of sp³-hybridized carbons (Fsp3) is 0.611. The van der Waals surface area contributed by atoms with Crippen LogP contribution in [0.3, 0.4) is 0 Å². The second-order valence-electron chi connectivity index (χ2n) is 5.68. The Hall–Kier alpha value is -1.12. The Morgan fingerprint density at radius 3 is 2.35 bits per heavy atom. The summed E-state index contributed by atoms with van der Waals surface area (Å²) in [4.78, 5) is 11.9. The minimum Gasteiger partial charge on any atom is -0.462 e. The summed E-state index contributed by atoms with van der Waals surface area (Å²) in [6, 6.07) is 7.30. The molecule has 1 unspecified atom stereocenters. The summed E-state index contributed by atoms with van der Waals surface area (Å²) in [6.45, 7) is 2.69. The van der Waals surface area contributed by atoms with Crippen molar-refractivity contribution in [2.45, 2.75) is 51.9 Å². The minimum absolute atomic E-state index is 0.268. The molecule has 0 saturated carbocycles. The van der Waals surface area contributed by atoms with Crippen LogP contribution in [0.25, 0.3) is 0 Å². The van der Waals surface area contributed by atoms with Crippen LogP contribution in [0.4, 0.5) is 0 Å². The normalized spacial score (nSPS) is 12.1. The first-order valence-corrected chi connectivity index (χ1v) is 10.0. The van der Waals surface area contributed by atoms with Crippen LogP contribution in [-0.2, 0) is 20.2 Å². The maximum atomic E-state index is 11.9. The van der Waals surface area contributed by atoms with E-state index < -0.39 is 8.03 Å². The average Bonchev–Trinajstić information content (AvgIpc) is 2.59. The number of unbranched alkanes of at least 4 members (excludes halogenated alkanes) is 5. The number of aryl methyl sites for hydroxylation is 1. The molecule has 4 nitrogen and oxygen atoms in total. The van der Waals surface area contributed by atoms with Crippen molar-refractivity contribution < 1.29 is 18.6 Å². The van der Waals surface area contributed by atoms with Gasteiger partial charge in [-0.15, -0.1) is 0 Å². The van der Waals surface area contributed by atoms with Crippen LogP contribution >= 0.6 is 8.03 Å². The molecular weight excluding hydrogens is 311 g/mol. The van der Waals surface area contributed by atoms with Gasteiger partial charge in [-0.1, -0.05) is 51.2 Å². The highest BCUT2D eigenvalue weighted by Gasteiger charge is 2.07. The Kier molecular flexibility index (Phi) is 10.7. The van der Waals surface area contributed by atoms with E-state index in [0.29, 0.717) is 24.8 Å². The van der Waals surface area contributed by atoms with Gasteiger partial charge in [0.15, 0.2) is 8.03 Å². The number of esters is 1. The highest BCUT2D eigenvalue weighted by atomic mass is 31.1. The van der Waals surface area contributed by atoms with E-state index in [2.05, 4.69) is 6.92 Å². The van der Waals surface area contributed by atoms with Gasteiger partial charge in [-0.3, -0.25) is 4.57 Å². The standard InChI is InChI=1S/C18H29O4P/c1-3-4-5-6-7-8-14-22-18(19)17-11-9-16(10-12-17)13-15-23(20)21-2/h9-12,23H,3-8,13-15H2,1-2H3. The summed E-state index contributed by atoms with van der Waals surface area (Å²) in [6.07, 6.45) is 8.27. The predicted molar refractivity (Wildman–Crippen MR) is 94.7 cm³/mol. The maximum absolute atomic E-state index is 11.9. The van der Waals surface area contributed by atoms with Crippen LogP contribution in [0, 0.1) is 0 Å². The lowest BCUT2D eigenvalue weighted by Gasteiger charge is -2.06. The third-order valence-corrected chi connectivity index (χ3v) is 4.88. The van der Waals surface area contributed by atoms with Crippen LogP contribution in [0.15, 0.2) is 24.3 Å². The monoisotopic (exact) mass is 340 g/mol. The number of hydrogen-bond donors (Lipinski definition) is 0. The Balaban J connectivity index is 2.24. The van der Waals surface area contributed by atoms with Gasteiger partial charge in [0.25, 0.3) is 0 Å². The van der Waals surface area contributed by atoms with Crippen molar-refractivity contribution in [3.05, 3.63) is 35.4 Å². The first-order valence-electron chi connectivity index (χ1n) is 8.50. The summed E-state index contributed by atoms with van der Waals surface area (Å²) in [5.74, 6) is -0.268. The predicted octanol–water partition coefficient (Wildman–Crippen LogP) is 4.87. The lowest BCUT2D eigenvalue weighted by Crippen LogP contribution is -2.06. The summed E-state index contributed by atoms with van der Waals surface area (Å²) < 4.78 is 21.4. The van der Waals surface area contributed by atoms with Crippen molar-refractivity contribution in [2.24, 2.45) is 0 Å². The molecule has 0 bridgehead atoms. The summed E-state index contributed by atoms with van der Waals surface area (Å²) in [5, 5.41) is 0. The molecule has 0 aliphatic heterocycles. The molecule has 23 heavy (non-hydrogen) atoms. The molecule has 130 valence electrons. The van der Waals surface area contributed by atoms with Crippen molar-refractivity contribution in [3.8, 4) is 0 Å². The van der Waals surface area contributed by atoms with E-state index in [9.17, 15) is 9.36 Å². The highest BCUT2D eigenvalue weighted by Crippen LogP contribution is 2.21. The number of hydrogen-bond acceptors (Lipinski definition) is 4. The van der Waals surface area contributed by atoms with E-state index >= 15 is 0 Å². The third-order valence-electron chi connectivity index (χ3n) is 3.77. The molecule has 1 atom stereocenters. The minimum atomic E-state index is -1.92. The van der Waals surface area contributed by atoms with E-state index in [-0.39, 0.29) is 5.97 Å². The third kappa shape index (κ3) is 8.92. The van der Waals surface area contributed by atoms with E-state index in [0.717, 1.165) is 18.4 Å². The second-order valence-corrected chi connectivity index (χ2v) is 7.33. The number of carbonyl (C=O) groups excluding carboxylic acids is 1. The summed E-state index contributed by atoms with van der Waals surface area (Å²) in [7, 11) is -0.455. The number of benzene rings is 1. The van der Waals surface area contributed by atoms with Crippen molar-refractivity contribution >= 4 is 14.0 Å². The number of carbonyl (C=O) groups is 1. The SMILES string of the molecule is CCCCCCCCOC(=O)c1ccc(CC[PH](=O)OC)cc1. The van der Waals surface area contributed by atoms with Crippen LogP contribution in [0.1, 0.15) is 61.4 Å². The fourth-order valence-electron chi connectivity index (χ4n) is 2.29. The van der Waals surface area contributed by atoms with Crippen LogP contribution in [0.5, 0.6) is 0 Å². The molecule has 0 radical (unpaired) electrons. The van der Waals surface area contributed by atoms with Gasteiger partial charge in [0.05, 0.1) is 12.2 Å². The zero-order valence-corrected chi connectivity index (χ0v) is 15.3. The van der Waals surface area contributed by atoms with Gasteiger partial charge in [-0.25, -0.2) is 4.79 Å². The van der Waals surface area contributed by atoms with Crippen molar-refractivity contribution in [1.82, 2.24) is 0 Å². The van der Waals surface area contributed by atoms with Gasteiger partial charge in [0.2, 0.25) is 0 Å². The van der Waals surface area contributed by atoms with Crippen LogP contribution in [-0.4, -0.2) is 25.8 Å². The molecule has 0 aliphatic rings.